The van der Waals surface area contributed by atoms with Crippen LogP contribution in [0.5, 0.6) is 0 Å². The molecule has 23 heavy (non-hydrogen) atoms. The Labute approximate surface area is 138 Å². The second-order valence-electron chi connectivity index (χ2n) is 5.41. The number of benzene rings is 1. The average molecular weight is 334 g/mol. The first-order chi connectivity index (χ1) is 10.9. The van der Waals surface area contributed by atoms with Crippen LogP contribution in [0.3, 0.4) is 0 Å². The molecule has 120 valence electrons. The monoisotopic (exact) mass is 333 g/mol. The molecule has 0 radical (unpaired) electrons. The van der Waals surface area contributed by atoms with E-state index in [2.05, 4.69) is 10.3 Å². The van der Waals surface area contributed by atoms with Gasteiger partial charge in [-0.15, -0.1) is 0 Å². The maximum absolute atomic E-state index is 12.7. The summed E-state index contributed by atoms with van der Waals surface area (Å²) in [5.74, 6) is 0.253. The number of likely N-dealkylation sites (N-methyl/N-ethyl adjacent to an activating group) is 1. The third kappa shape index (κ3) is 2.45. The van der Waals surface area contributed by atoms with E-state index in [9.17, 15) is 15.4 Å². The Hall–Kier alpha value is -2.15. The molecule has 1 aromatic rings. The second kappa shape index (κ2) is 5.49. The van der Waals surface area contributed by atoms with Crippen LogP contribution in [-0.2, 0) is 0 Å². The van der Waals surface area contributed by atoms with E-state index in [0.29, 0.717) is 10.3 Å². The fourth-order valence-electron chi connectivity index (χ4n) is 2.78. The van der Waals surface area contributed by atoms with Crippen molar-refractivity contribution in [3.63, 3.8) is 0 Å². The van der Waals surface area contributed by atoms with E-state index in [0.717, 1.165) is 0 Å². The van der Waals surface area contributed by atoms with Gasteiger partial charge < -0.3 is 20.7 Å². The number of hydroxylamine groups is 1. The van der Waals surface area contributed by atoms with Crippen LogP contribution in [0.4, 0.5) is 0 Å². The fourth-order valence-corrected chi connectivity index (χ4v) is 3.00. The van der Waals surface area contributed by atoms with Gasteiger partial charge in [0.25, 0.3) is 0 Å². The summed E-state index contributed by atoms with van der Waals surface area (Å²) in [4.78, 5) is 4.14. The zero-order valence-electron chi connectivity index (χ0n) is 12.4. The minimum absolute atomic E-state index is 0.0166. The molecule has 0 saturated heterocycles. The standard InChI is InChI=1S/C16H16ClN3O3/c1-18-13-10-20(23)14(11-5-3-2-4-6-11)15(21)9-12(17)7-8-16(15,22)19-13/h2-9,21-22H,10H2,1H3,(H,18,19). The van der Waals surface area contributed by atoms with E-state index in [-0.39, 0.29) is 23.1 Å². The highest BCUT2D eigenvalue weighted by Gasteiger charge is 2.58. The number of rotatable bonds is 1. The molecule has 1 aromatic carbocycles. The zero-order valence-corrected chi connectivity index (χ0v) is 13.2. The SMILES string of the molecule is CNC1=NC2(O)C=CC(Cl)=CC2(O)C(c2ccccc2)=[N+]([O-])C1. The summed E-state index contributed by atoms with van der Waals surface area (Å²) < 4.78 is 0.614. The van der Waals surface area contributed by atoms with Crippen LogP contribution in [0.25, 0.3) is 0 Å². The number of allylic oxidation sites excluding steroid dienone is 2. The fraction of sp³-hybridized carbons (Fsp3) is 0.250. The zero-order chi connectivity index (χ0) is 16.7. The van der Waals surface area contributed by atoms with Crippen molar-refractivity contribution in [3.05, 3.63) is 64.4 Å². The number of amidine groups is 1. The molecule has 3 rings (SSSR count). The summed E-state index contributed by atoms with van der Waals surface area (Å²) in [7, 11) is 1.60. The Kier molecular flexibility index (Phi) is 3.75. The molecule has 1 heterocycles. The van der Waals surface area contributed by atoms with Crippen LogP contribution in [0.1, 0.15) is 5.56 Å². The Morgan fingerprint density at radius 2 is 2.00 bits per heavy atom. The molecule has 0 saturated carbocycles. The molecule has 2 aliphatic rings. The number of hydrogen-bond donors (Lipinski definition) is 3. The first-order valence-corrected chi connectivity index (χ1v) is 7.44. The van der Waals surface area contributed by atoms with Crippen molar-refractivity contribution in [1.82, 2.24) is 5.32 Å². The molecule has 1 aliphatic carbocycles. The molecule has 7 heteroatoms. The van der Waals surface area contributed by atoms with Gasteiger partial charge in [0.15, 0.2) is 5.84 Å². The predicted molar refractivity (Wildman–Crippen MR) is 88.5 cm³/mol. The van der Waals surface area contributed by atoms with E-state index in [4.69, 9.17) is 11.6 Å². The van der Waals surface area contributed by atoms with Crippen molar-refractivity contribution in [2.24, 2.45) is 4.99 Å². The lowest BCUT2D eigenvalue weighted by atomic mass is 9.79. The Morgan fingerprint density at radius 3 is 2.65 bits per heavy atom. The summed E-state index contributed by atoms with van der Waals surface area (Å²) >= 11 is 6.02. The summed E-state index contributed by atoms with van der Waals surface area (Å²) in [6, 6.07) is 8.65. The lowest BCUT2D eigenvalue weighted by Gasteiger charge is -2.36. The molecule has 0 bridgehead atoms. The summed E-state index contributed by atoms with van der Waals surface area (Å²) in [6.07, 6.45) is 3.97. The number of halogens is 1. The molecule has 6 nitrogen and oxygen atoms in total. The van der Waals surface area contributed by atoms with Gasteiger partial charge in [-0.05, 0) is 30.4 Å². The number of nitrogens with one attached hydrogen (secondary N) is 1. The summed E-state index contributed by atoms with van der Waals surface area (Å²) in [5, 5.41) is 37.8. The van der Waals surface area contributed by atoms with Crippen LogP contribution in [-0.4, -0.2) is 51.4 Å². The lowest BCUT2D eigenvalue weighted by molar-refractivity contribution is -0.444. The highest BCUT2D eigenvalue weighted by Crippen LogP contribution is 2.37. The molecular weight excluding hydrogens is 318 g/mol. The highest BCUT2D eigenvalue weighted by molar-refractivity contribution is 6.31. The van der Waals surface area contributed by atoms with E-state index < -0.39 is 11.3 Å². The predicted octanol–water partition coefficient (Wildman–Crippen LogP) is 0.730. The molecular formula is C16H16ClN3O3. The number of hydrogen-bond acceptors (Lipinski definition) is 5. The van der Waals surface area contributed by atoms with Gasteiger partial charge in [0, 0.05) is 17.6 Å². The highest BCUT2D eigenvalue weighted by atomic mass is 35.5. The molecule has 3 N–H and O–H groups in total. The van der Waals surface area contributed by atoms with E-state index in [1.165, 1.54) is 18.2 Å². The number of fused-ring (bicyclic) bond motifs is 1. The topological polar surface area (TPSA) is 90.9 Å². The van der Waals surface area contributed by atoms with Crippen molar-refractivity contribution in [2.45, 2.75) is 11.3 Å². The summed E-state index contributed by atoms with van der Waals surface area (Å²) in [5.41, 5.74) is -3.65. The quantitative estimate of drug-likeness (QED) is 0.522. The van der Waals surface area contributed by atoms with Crippen LogP contribution in [0.15, 0.2) is 58.6 Å². The van der Waals surface area contributed by atoms with Crippen LogP contribution in [0, 0.1) is 5.21 Å². The molecule has 0 amide bonds. The van der Waals surface area contributed by atoms with Gasteiger partial charge in [0.1, 0.15) is 0 Å². The largest absolute Gasteiger partial charge is 0.623 e. The molecule has 0 aromatic heterocycles. The van der Waals surface area contributed by atoms with Crippen LogP contribution < -0.4 is 5.32 Å². The van der Waals surface area contributed by atoms with Crippen LogP contribution in [0.2, 0.25) is 0 Å². The first kappa shape index (κ1) is 15.7. The van der Waals surface area contributed by atoms with E-state index in [1.807, 2.05) is 0 Å². The van der Waals surface area contributed by atoms with Crippen molar-refractivity contribution >= 4 is 23.1 Å². The Morgan fingerprint density at radius 1 is 1.30 bits per heavy atom. The first-order valence-electron chi connectivity index (χ1n) is 7.06. The molecule has 0 fully saturated rings. The smallest absolute Gasteiger partial charge is 0.236 e. The maximum Gasteiger partial charge on any atom is 0.236 e. The average Bonchev–Trinajstić information content (AvgIpc) is 2.60. The Bertz CT molecular complexity index is 757. The van der Waals surface area contributed by atoms with Crippen molar-refractivity contribution in [2.75, 3.05) is 13.6 Å². The maximum atomic E-state index is 12.7. The normalized spacial score (nSPS) is 30.3. The molecule has 2 unspecified atom stereocenters. The molecule has 2 atom stereocenters. The van der Waals surface area contributed by atoms with Gasteiger partial charge in [-0.3, -0.25) is 0 Å². The van der Waals surface area contributed by atoms with Gasteiger partial charge in [-0.2, -0.15) is 4.74 Å². The van der Waals surface area contributed by atoms with Crippen LogP contribution >= 0.6 is 11.6 Å². The van der Waals surface area contributed by atoms with Gasteiger partial charge in [0.2, 0.25) is 23.6 Å². The van der Waals surface area contributed by atoms with Crippen molar-refractivity contribution in [3.8, 4) is 0 Å². The van der Waals surface area contributed by atoms with Crippen molar-refractivity contribution in [1.29, 1.82) is 0 Å². The third-order valence-corrected chi connectivity index (χ3v) is 4.16. The number of aliphatic hydroxyl groups is 2. The molecule has 1 aliphatic heterocycles. The number of nitrogens with zero attached hydrogens (tertiary/aromatic N) is 2. The van der Waals surface area contributed by atoms with Gasteiger partial charge in [-0.25, -0.2) is 4.99 Å². The second-order valence-corrected chi connectivity index (χ2v) is 5.85. The summed E-state index contributed by atoms with van der Waals surface area (Å²) in [6.45, 7) is -0.134. The minimum Gasteiger partial charge on any atom is -0.623 e. The molecule has 0 spiro atoms. The van der Waals surface area contributed by atoms with Crippen molar-refractivity contribution < 1.29 is 15.0 Å². The number of aliphatic imine (C=N–C) groups is 1. The van der Waals surface area contributed by atoms with Gasteiger partial charge in [0.05, 0.1) is 0 Å². The van der Waals surface area contributed by atoms with E-state index >= 15 is 0 Å². The van der Waals surface area contributed by atoms with E-state index in [1.54, 1.807) is 37.4 Å². The third-order valence-electron chi connectivity index (χ3n) is 3.93. The Balaban J connectivity index is 2.31. The van der Waals surface area contributed by atoms with Gasteiger partial charge >= 0.3 is 0 Å². The van der Waals surface area contributed by atoms with Gasteiger partial charge in [-0.1, -0.05) is 29.8 Å². The minimum atomic E-state index is -2.08. The lowest BCUT2D eigenvalue weighted by Crippen LogP contribution is -2.58.